The first-order chi connectivity index (χ1) is 20.9. The summed E-state index contributed by atoms with van der Waals surface area (Å²) in [7, 11) is 1.36. The number of likely N-dealkylation sites (tertiary alicyclic amines) is 1. The maximum atomic E-state index is 12.9. The monoisotopic (exact) mass is 590 g/mol. The predicted octanol–water partition coefficient (Wildman–Crippen LogP) is 1.79. The molecule has 6 rings (SSSR count). The number of anilines is 1. The molecule has 2 aliphatic heterocycles. The smallest absolute Gasteiger partial charge is 0.338 e. The van der Waals surface area contributed by atoms with Gasteiger partial charge in [0.05, 0.1) is 32.4 Å². The second kappa shape index (κ2) is 12.5. The van der Waals surface area contributed by atoms with Crippen molar-refractivity contribution in [2.75, 3.05) is 39.1 Å². The molecule has 0 saturated carbocycles. The number of ether oxygens (including phenoxy) is 2. The van der Waals surface area contributed by atoms with Gasteiger partial charge in [0.2, 0.25) is 0 Å². The number of nitrogens with one attached hydrogen (secondary N) is 2. The molecular formula is C29H38N10O4. The Kier molecular flexibility index (Phi) is 8.38. The number of benzene rings is 1. The van der Waals surface area contributed by atoms with E-state index in [4.69, 9.17) is 15.2 Å². The molecule has 0 bridgehead atoms. The van der Waals surface area contributed by atoms with E-state index in [1.807, 2.05) is 18.2 Å². The summed E-state index contributed by atoms with van der Waals surface area (Å²) >= 11 is 0. The zero-order chi connectivity index (χ0) is 29.9. The summed E-state index contributed by atoms with van der Waals surface area (Å²) in [6.45, 7) is 7.79. The van der Waals surface area contributed by atoms with E-state index in [1.165, 1.54) is 11.7 Å². The number of hydrogen-bond acceptors (Lipinski definition) is 11. The van der Waals surface area contributed by atoms with Crippen LogP contribution < -0.4 is 21.5 Å². The van der Waals surface area contributed by atoms with Gasteiger partial charge in [-0.2, -0.15) is 9.97 Å². The van der Waals surface area contributed by atoms with Gasteiger partial charge in [0, 0.05) is 25.6 Å². The summed E-state index contributed by atoms with van der Waals surface area (Å²) < 4.78 is 14.5. The summed E-state index contributed by atoms with van der Waals surface area (Å²) in [4.78, 5) is 39.6. The van der Waals surface area contributed by atoms with Crippen molar-refractivity contribution in [1.82, 2.24) is 44.5 Å². The lowest BCUT2D eigenvalue weighted by atomic mass is 9.95. The molecule has 0 amide bonds. The lowest BCUT2D eigenvalue weighted by molar-refractivity contribution is 0.0599. The number of aromatic nitrogens is 7. The van der Waals surface area contributed by atoms with Crippen LogP contribution in [0.4, 0.5) is 5.82 Å². The van der Waals surface area contributed by atoms with Crippen LogP contribution in [0.15, 0.2) is 23.0 Å². The van der Waals surface area contributed by atoms with Gasteiger partial charge in [0.1, 0.15) is 17.2 Å². The molecule has 0 radical (unpaired) electrons. The molecule has 14 heteroatoms. The molecule has 0 unspecified atom stereocenters. The van der Waals surface area contributed by atoms with Gasteiger partial charge in [0.15, 0.2) is 11.5 Å². The quantitative estimate of drug-likeness (QED) is 0.182. The SMILES string of the molecule is CCCCOc1nc(N)c2[nH]c(=O)n(Cc3ccc(CN4CCC(c5nnc6n5CCNC6)CC4)cc3C(=O)OC)c2n1. The number of imidazole rings is 1. The number of nitrogens with two attached hydrogens (primary N) is 1. The van der Waals surface area contributed by atoms with Crippen LogP contribution in [0.1, 0.15) is 71.7 Å². The highest BCUT2D eigenvalue weighted by Crippen LogP contribution is 2.29. The number of rotatable bonds is 10. The fourth-order valence-corrected chi connectivity index (χ4v) is 5.90. The van der Waals surface area contributed by atoms with E-state index in [1.54, 1.807) is 0 Å². The minimum Gasteiger partial charge on any atom is -0.465 e. The largest absolute Gasteiger partial charge is 0.465 e. The molecule has 0 spiro atoms. The minimum absolute atomic E-state index is 0.0952. The number of unbranched alkanes of at least 4 members (excludes halogenated alkanes) is 1. The fraction of sp³-hybridized carbons (Fsp3) is 0.517. The maximum absolute atomic E-state index is 12.9. The highest BCUT2D eigenvalue weighted by molar-refractivity contribution is 5.91. The van der Waals surface area contributed by atoms with E-state index in [9.17, 15) is 9.59 Å². The second-order valence-corrected chi connectivity index (χ2v) is 11.1. The fourth-order valence-electron chi connectivity index (χ4n) is 5.90. The van der Waals surface area contributed by atoms with Crippen LogP contribution >= 0.6 is 0 Å². The average molecular weight is 591 g/mol. The zero-order valence-corrected chi connectivity index (χ0v) is 24.6. The number of nitrogen functional groups attached to an aromatic ring is 1. The Bertz CT molecular complexity index is 1670. The van der Waals surface area contributed by atoms with Gasteiger partial charge < -0.3 is 30.1 Å². The minimum atomic E-state index is -0.466. The van der Waals surface area contributed by atoms with Crippen molar-refractivity contribution in [3.8, 4) is 6.01 Å². The third-order valence-electron chi connectivity index (χ3n) is 8.28. The Hall–Kier alpha value is -4.30. The highest BCUT2D eigenvalue weighted by atomic mass is 16.5. The normalized spacial score (nSPS) is 16.0. The molecular weight excluding hydrogens is 552 g/mol. The van der Waals surface area contributed by atoms with Crippen LogP contribution in [0, 0.1) is 0 Å². The molecule has 1 aromatic carbocycles. The number of nitrogens with zero attached hydrogens (tertiary/aromatic N) is 7. The number of carbonyl (C=O) groups is 1. The first-order valence-electron chi connectivity index (χ1n) is 14.9. The van der Waals surface area contributed by atoms with E-state index < -0.39 is 11.7 Å². The summed E-state index contributed by atoms with van der Waals surface area (Å²) in [5, 5.41) is 12.2. The van der Waals surface area contributed by atoms with Crippen molar-refractivity contribution >= 4 is 23.0 Å². The topological polar surface area (TPSA) is 171 Å². The Balaban J connectivity index is 1.18. The standard InChI is InChI=1S/C29H38N10O4/c1-3-4-13-43-28-33-24(30)23-26(34-28)39(29(41)32-23)17-20-6-5-18(14-21(20)27(40)42-2)16-37-10-7-19(8-11-37)25-36-35-22-15-31-9-12-38(22)25/h5-6,14,19,31H,3-4,7-13,15-17H2,1-2H3,(H,32,41)(H2,30,33,34). The van der Waals surface area contributed by atoms with Gasteiger partial charge in [-0.3, -0.25) is 9.47 Å². The van der Waals surface area contributed by atoms with Crippen LogP contribution in [0.5, 0.6) is 6.01 Å². The van der Waals surface area contributed by atoms with Crippen LogP contribution in [0.2, 0.25) is 0 Å². The first-order valence-corrected chi connectivity index (χ1v) is 14.9. The van der Waals surface area contributed by atoms with Gasteiger partial charge in [0.25, 0.3) is 0 Å². The Morgan fingerprint density at radius 1 is 1.14 bits per heavy atom. The van der Waals surface area contributed by atoms with Crippen LogP contribution in [-0.4, -0.2) is 78.5 Å². The van der Waals surface area contributed by atoms with Crippen molar-refractivity contribution in [2.45, 2.75) is 64.7 Å². The lowest BCUT2D eigenvalue weighted by Crippen LogP contribution is -2.34. The Morgan fingerprint density at radius 2 is 1.98 bits per heavy atom. The van der Waals surface area contributed by atoms with Crippen molar-refractivity contribution in [3.05, 3.63) is 57.0 Å². The number of hydrogen-bond donors (Lipinski definition) is 3. The summed E-state index contributed by atoms with van der Waals surface area (Å²) in [6.07, 6.45) is 3.81. The molecule has 3 aromatic heterocycles. The number of esters is 1. The highest BCUT2D eigenvalue weighted by Gasteiger charge is 2.27. The van der Waals surface area contributed by atoms with Gasteiger partial charge in [-0.25, -0.2) is 9.59 Å². The summed E-state index contributed by atoms with van der Waals surface area (Å²) in [5.41, 5.74) is 8.38. The van der Waals surface area contributed by atoms with E-state index >= 15 is 0 Å². The van der Waals surface area contributed by atoms with E-state index in [0.717, 1.165) is 75.6 Å². The van der Waals surface area contributed by atoms with Crippen molar-refractivity contribution in [3.63, 3.8) is 0 Å². The molecule has 4 aromatic rings. The molecule has 228 valence electrons. The maximum Gasteiger partial charge on any atom is 0.338 e. The number of aromatic amines is 1. The van der Waals surface area contributed by atoms with Crippen molar-refractivity contribution < 1.29 is 14.3 Å². The molecule has 0 aliphatic carbocycles. The van der Waals surface area contributed by atoms with Crippen LogP contribution in [0.3, 0.4) is 0 Å². The average Bonchev–Trinajstić information content (AvgIpc) is 3.59. The third-order valence-corrected chi connectivity index (χ3v) is 8.28. The van der Waals surface area contributed by atoms with Crippen molar-refractivity contribution in [2.24, 2.45) is 0 Å². The number of H-pyrrole nitrogens is 1. The predicted molar refractivity (Wildman–Crippen MR) is 159 cm³/mol. The number of methoxy groups -OCH3 is 1. The van der Waals surface area contributed by atoms with Gasteiger partial charge >= 0.3 is 17.7 Å². The number of piperidine rings is 1. The number of carbonyl (C=O) groups excluding carboxylic acids is 1. The van der Waals surface area contributed by atoms with Gasteiger partial charge in [-0.05, 0) is 49.5 Å². The van der Waals surface area contributed by atoms with Crippen LogP contribution in [0.25, 0.3) is 11.2 Å². The molecule has 5 heterocycles. The summed E-state index contributed by atoms with van der Waals surface area (Å²) in [5.74, 6) is 2.18. The van der Waals surface area contributed by atoms with Crippen LogP contribution in [-0.2, 0) is 30.9 Å². The molecule has 1 fully saturated rings. The molecule has 1 saturated heterocycles. The molecule has 4 N–H and O–H groups in total. The third kappa shape index (κ3) is 5.97. The molecule has 0 atom stereocenters. The second-order valence-electron chi connectivity index (χ2n) is 11.1. The van der Waals surface area contributed by atoms with E-state index in [0.29, 0.717) is 41.4 Å². The van der Waals surface area contributed by atoms with E-state index in [2.05, 4.69) is 46.9 Å². The Labute approximate surface area is 248 Å². The Morgan fingerprint density at radius 3 is 2.77 bits per heavy atom. The summed E-state index contributed by atoms with van der Waals surface area (Å²) in [6, 6.07) is 5.84. The number of fused-ring (bicyclic) bond motifs is 2. The zero-order valence-electron chi connectivity index (χ0n) is 24.6. The van der Waals surface area contributed by atoms with Gasteiger partial charge in [-0.15, -0.1) is 10.2 Å². The first kappa shape index (κ1) is 28.8. The molecule has 2 aliphatic rings. The molecule has 43 heavy (non-hydrogen) atoms. The molecule has 14 nitrogen and oxygen atoms in total. The van der Waals surface area contributed by atoms with E-state index in [-0.39, 0.29) is 18.4 Å². The lowest BCUT2D eigenvalue weighted by Gasteiger charge is -2.32. The van der Waals surface area contributed by atoms with Gasteiger partial charge in [-0.1, -0.05) is 25.5 Å². The van der Waals surface area contributed by atoms with Crippen molar-refractivity contribution in [1.29, 1.82) is 0 Å².